The average molecular weight is 503 g/mol. The number of carbonyl (C=O) groups excluding carboxylic acids is 1. The van der Waals surface area contributed by atoms with Crippen molar-refractivity contribution in [1.29, 1.82) is 0 Å². The fraction of sp³-hybridized carbons (Fsp3) is 0.269. The van der Waals surface area contributed by atoms with Gasteiger partial charge in [0.05, 0.1) is 42.7 Å². The Bertz CT molecular complexity index is 1440. The third-order valence-corrected chi connectivity index (χ3v) is 5.52. The highest BCUT2D eigenvalue weighted by Gasteiger charge is 2.14. The zero-order valence-corrected chi connectivity index (χ0v) is 21.7. The average Bonchev–Trinajstić information content (AvgIpc) is 3.48. The number of amides is 1. The number of rotatable bonds is 8. The van der Waals surface area contributed by atoms with Crippen molar-refractivity contribution in [3.63, 3.8) is 0 Å². The Morgan fingerprint density at radius 3 is 2.57 bits per heavy atom. The second-order valence-corrected chi connectivity index (χ2v) is 8.75. The zero-order valence-electron chi connectivity index (χ0n) is 21.7. The van der Waals surface area contributed by atoms with Crippen LogP contribution in [-0.4, -0.2) is 49.1 Å². The van der Waals surface area contributed by atoms with Crippen LogP contribution in [0, 0.1) is 0 Å². The van der Waals surface area contributed by atoms with Gasteiger partial charge in [-0.1, -0.05) is 11.3 Å². The summed E-state index contributed by atoms with van der Waals surface area (Å²) in [6.45, 7) is 5.57. The Kier molecular flexibility index (Phi) is 7.52. The highest BCUT2D eigenvalue weighted by molar-refractivity contribution is 5.92. The maximum atomic E-state index is 12.4. The minimum atomic E-state index is -0.549. The normalized spacial score (nSPS) is 11.5. The van der Waals surface area contributed by atoms with Gasteiger partial charge < -0.3 is 14.8 Å². The molecule has 0 atom stereocenters. The predicted molar refractivity (Wildman–Crippen MR) is 143 cm³/mol. The summed E-state index contributed by atoms with van der Waals surface area (Å²) in [6, 6.07) is 7.48. The van der Waals surface area contributed by atoms with Crippen LogP contribution in [0.4, 0.5) is 22.0 Å². The summed E-state index contributed by atoms with van der Waals surface area (Å²) < 4.78 is 14.3. The van der Waals surface area contributed by atoms with Crippen LogP contribution in [-0.2, 0) is 18.8 Å². The molecule has 0 aliphatic carbocycles. The zero-order chi connectivity index (χ0) is 26.5. The topological polar surface area (TPSA) is 121 Å². The first-order valence-corrected chi connectivity index (χ1v) is 11.7. The second-order valence-electron chi connectivity index (χ2n) is 8.75. The van der Waals surface area contributed by atoms with E-state index in [0.717, 1.165) is 28.0 Å². The van der Waals surface area contributed by atoms with E-state index in [9.17, 15) is 4.79 Å². The summed E-state index contributed by atoms with van der Waals surface area (Å²) >= 11 is 0. The van der Waals surface area contributed by atoms with Gasteiger partial charge in [-0.05, 0) is 44.6 Å². The smallest absolute Gasteiger partial charge is 0.411 e. The molecule has 0 unspecified atom stereocenters. The number of ether oxygens (including phenoxy) is 2. The van der Waals surface area contributed by atoms with E-state index in [1.165, 1.54) is 0 Å². The SMILES string of the molecule is COc1cc(-c2cnnn2C)ccc1Nc1cc(NC(=O)OC(C)C)c(/C=C(\C)c2cnn(C)c2)cn1. The number of hydrogen-bond donors (Lipinski definition) is 2. The van der Waals surface area contributed by atoms with Crippen LogP contribution in [0.5, 0.6) is 5.75 Å². The maximum Gasteiger partial charge on any atom is 0.411 e. The number of anilines is 3. The van der Waals surface area contributed by atoms with Crippen LogP contribution >= 0.6 is 0 Å². The number of hydrogen-bond acceptors (Lipinski definition) is 8. The van der Waals surface area contributed by atoms with Crippen molar-refractivity contribution in [3.8, 4) is 17.0 Å². The number of benzene rings is 1. The molecule has 11 heteroatoms. The molecule has 37 heavy (non-hydrogen) atoms. The monoisotopic (exact) mass is 502 g/mol. The summed E-state index contributed by atoms with van der Waals surface area (Å²) in [4.78, 5) is 17.0. The lowest BCUT2D eigenvalue weighted by atomic mass is 10.1. The van der Waals surface area contributed by atoms with E-state index in [4.69, 9.17) is 9.47 Å². The quantitative estimate of drug-likeness (QED) is 0.350. The summed E-state index contributed by atoms with van der Waals surface area (Å²) in [7, 11) is 5.29. The number of aryl methyl sites for hydroxylation is 2. The molecule has 1 amide bonds. The first-order chi connectivity index (χ1) is 17.7. The van der Waals surface area contributed by atoms with E-state index in [-0.39, 0.29) is 6.10 Å². The Morgan fingerprint density at radius 1 is 1.11 bits per heavy atom. The lowest BCUT2D eigenvalue weighted by Gasteiger charge is -2.15. The van der Waals surface area contributed by atoms with Crippen molar-refractivity contribution >= 4 is 34.9 Å². The molecule has 0 bridgehead atoms. The van der Waals surface area contributed by atoms with Gasteiger partial charge >= 0.3 is 6.09 Å². The minimum Gasteiger partial charge on any atom is -0.495 e. The Hall–Kier alpha value is -4.67. The molecule has 3 heterocycles. The van der Waals surface area contributed by atoms with Crippen LogP contribution < -0.4 is 15.4 Å². The Balaban J connectivity index is 1.66. The molecule has 4 aromatic rings. The van der Waals surface area contributed by atoms with Gasteiger partial charge in [0.15, 0.2) is 0 Å². The van der Waals surface area contributed by atoms with E-state index in [0.29, 0.717) is 22.9 Å². The Morgan fingerprint density at radius 2 is 1.92 bits per heavy atom. The molecule has 0 fully saturated rings. The molecule has 192 valence electrons. The molecule has 0 saturated carbocycles. The fourth-order valence-corrected chi connectivity index (χ4v) is 3.70. The minimum absolute atomic E-state index is 0.257. The maximum absolute atomic E-state index is 12.4. The van der Waals surface area contributed by atoms with Gasteiger partial charge in [-0.2, -0.15) is 5.10 Å². The molecular formula is C26H30N8O3. The van der Waals surface area contributed by atoms with Crippen LogP contribution in [0.2, 0.25) is 0 Å². The van der Waals surface area contributed by atoms with Gasteiger partial charge in [0.1, 0.15) is 11.6 Å². The van der Waals surface area contributed by atoms with Gasteiger partial charge in [0, 0.05) is 49.2 Å². The van der Waals surface area contributed by atoms with Crippen molar-refractivity contribution in [2.75, 3.05) is 17.7 Å². The molecule has 0 saturated heterocycles. The predicted octanol–water partition coefficient (Wildman–Crippen LogP) is 4.88. The van der Waals surface area contributed by atoms with Gasteiger partial charge in [-0.25, -0.2) is 14.5 Å². The summed E-state index contributed by atoms with van der Waals surface area (Å²) in [5.41, 5.74) is 5.68. The lowest BCUT2D eigenvalue weighted by molar-refractivity contribution is 0.130. The third-order valence-electron chi connectivity index (χ3n) is 5.52. The van der Waals surface area contributed by atoms with E-state index in [1.807, 2.05) is 51.5 Å². The second kappa shape index (κ2) is 10.9. The van der Waals surface area contributed by atoms with E-state index >= 15 is 0 Å². The molecule has 0 radical (unpaired) electrons. The van der Waals surface area contributed by atoms with Gasteiger partial charge in [0.25, 0.3) is 0 Å². The fourth-order valence-electron chi connectivity index (χ4n) is 3.70. The highest BCUT2D eigenvalue weighted by Crippen LogP contribution is 2.33. The van der Waals surface area contributed by atoms with E-state index in [1.54, 1.807) is 55.0 Å². The van der Waals surface area contributed by atoms with E-state index < -0.39 is 6.09 Å². The van der Waals surface area contributed by atoms with Crippen molar-refractivity contribution in [1.82, 2.24) is 29.8 Å². The first kappa shape index (κ1) is 25.4. The number of aromatic nitrogens is 6. The molecule has 0 spiro atoms. The van der Waals surface area contributed by atoms with Crippen molar-refractivity contribution in [3.05, 3.63) is 60.2 Å². The first-order valence-electron chi connectivity index (χ1n) is 11.7. The number of nitrogens with zero attached hydrogens (tertiary/aromatic N) is 6. The standard InChI is InChI=1S/C26H30N8O3/c1-16(2)37-26(35)31-22-11-25(27-12-19(22)9-17(3)20-13-29-33(4)15-20)30-21-8-7-18(10-24(21)36-6)23-14-28-32-34(23)5/h7-16H,1-6H3,(H2,27,30,31,35)/b17-9+. The summed E-state index contributed by atoms with van der Waals surface area (Å²) in [6.07, 6.45) is 8.23. The summed E-state index contributed by atoms with van der Waals surface area (Å²) in [5.74, 6) is 1.13. The van der Waals surface area contributed by atoms with E-state index in [2.05, 4.69) is 31.0 Å². The van der Waals surface area contributed by atoms with Gasteiger partial charge in [-0.15, -0.1) is 5.10 Å². The number of pyridine rings is 1. The molecule has 1 aromatic carbocycles. The van der Waals surface area contributed by atoms with Crippen LogP contribution in [0.25, 0.3) is 22.9 Å². The number of nitrogens with one attached hydrogen (secondary N) is 2. The van der Waals surface area contributed by atoms with Gasteiger partial charge in [-0.3, -0.25) is 10.00 Å². The lowest BCUT2D eigenvalue weighted by Crippen LogP contribution is -2.18. The Labute approximate surface area is 215 Å². The van der Waals surface area contributed by atoms with Crippen molar-refractivity contribution in [2.24, 2.45) is 14.1 Å². The molecule has 3 aromatic heterocycles. The van der Waals surface area contributed by atoms with Crippen LogP contribution in [0.3, 0.4) is 0 Å². The number of carbonyl (C=O) groups is 1. The molecule has 2 N–H and O–H groups in total. The summed E-state index contributed by atoms with van der Waals surface area (Å²) in [5, 5.41) is 18.3. The van der Waals surface area contributed by atoms with Crippen molar-refractivity contribution in [2.45, 2.75) is 26.9 Å². The van der Waals surface area contributed by atoms with Crippen LogP contribution in [0.15, 0.2) is 49.1 Å². The largest absolute Gasteiger partial charge is 0.495 e. The molecule has 0 aliphatic heterocycles. The van der Waals surface area contributed by atoms with Gasteiger partial charge in [0.2, 0.25) is 0 Å². The molecular weight excluding hydrogens is 472 g/mol. The third kappa shape index (κ3) is 6.13. The highest BCUT2D eigenvalue weighted by atomic mass is 16.6. The molecule has 11 nitrogen and oxygen atoms in total. The van der Waals surface area contributed by atoms with Crippen LogP contribution in [0.1, 0.15) is 31.9 Å². The van der Waals surface area contributed by atoms with Crippen molar-refractivity contribution < 1.29 is 14.3 Å². The number of methoxy groups -OCH3 is 1. The number of allylic oxidation sites excluding steroid dienone is 1. The molecule has 4 rings (SSSR count). The molecule has 0 aliphatic rings.